The highest BCUT2D eigenvalue weighted by Gasteiger charge is 2.01. The molecule has 4 heteroatoms. The van der Waals surface area contributed by atoms with Crippen LogP contribution in [-0.4, -0.2) is 17.7 Å². The first-order chi connectivity index (χ1) is 8.49. The molecule has 0 aliphatic rings. The first kappa shape index (κ1) is 14.8. The molecular formula is C14H17BrO3. The number of ether oxygens (including phenoxy) is 1. The molecule has 0 heterocycles. The normalized spacial score (nSPS) is 11.1. The summed E-state index contributed by atoms with van der Waals surface area (Å²) < 4.78 is 6.46. The van der Waals surface area contributed by atoms with E-state index < -0.39 is 5.97 Å². The van der Waals surface area contributed by atoms with E-state index in [1.54, 1.807) is 6.08 Å². The van der Waals surface area contributed by atoms with Gasteiger partial charge in [0.1, 0.15) is 5.75 Å². The Labute approximate surface area is 116 Å². The number of aliphatic carboxylic acids is 1. The largest absolute Gasteiger partial charge is 0.494 e. The van der Waals surface area contributed by atoms with E-state index in [1.807, 2.05) is 18.2 Å². The van der Waals surface area contributed by atoms with Crippen LogP contribution in [0.2, 0.25) is 0 Å². The van der Waals surface area contributed by atoms with Gasteiger partial charge in [0.15, 0.2) is 0 Å². The lowest BCUT2D eigenvalue weighted by Gasteiger charge is -2.09. The van der Waals surface area contributed by atoms with Crippen LogP contribution >= 0.6 is 15.9 Å². The number of carboxylic acid groups (broad SMARTS) is 1. The van der Waals surface area contributed by atoms with Crippen molar-refractivity contribution in [2.45, 2.75) is 20.3 Å². The van der Waals surface area contributed by atoms with Crippen molar-refractivity contribution in [3.63, 3.8) is 0 Å². The van der Waals surface area contributed by atoms with Crippen LogP contribution in [0, 0.1) is 5.92 Å². The topological polar surface area (TPSA) is 46.5 Å². The maximum atomic E-state index is 10.5. The molecule has 0 unspecified atom stereocenters. The monoisotopic (exact) mass is 312 g/mol. The molecule has 0 atom stereocenters. The molecule has 1 aromatic rings. The van der Waals surface area contributed by atoms with Crippen LogP contribution in [0.3, 0.4) is 0 Å². The van der Waals surface area contributed by atoms with Gasteiger partial charge >= 0.3 is 5.97 Å². The third-order valence-corrected chi connectivity index (χ3v) is 3.06. The number of carbonyl (C=O) groups is 1. The summed E-state index contributed by atoms with van der Waals surface area (Å²) in [6, 6.07) is 5.54. The van der Waals surface area contributed by atoms with Crippen molar-refractivity contribution in [2.24, 2.45) is 5.92 Å². The maximum Gasteiger partial charge on any atom is 0.328 e. The molecule has 98 valence electrons. The highest BCUT2D eigenvalue weighted by atomic mass is 79.9. The van der Waals surface area contributed by atoms with Gasteiger partial charge in [-0.25, -0.2) is 4.79 Å². The van der Waals surface area contributed by atoms with Gasteiger partial charge in [0, 0.05) is 10.5 Å². The molecule has 18 heavy (non-hydrogen) atoms. The predicted octanol–water partition coefficient (Wildman–Crippen LogP) is 3.97. The van der Waals surface area contributed by atoms with Gasteiger partial charge < -0.3 is 9.84 Å². The lowest BCUT2D eigenvalue weighted by molar-refractivity contribution is -0.131. The Morgan fingerprint density at radius 1 is 1.50 bits per heavy atom. The summed E-state index contributed by atoms with van der Waals surface area (Å²) in [6.45, 7) is 4.96. The first-order valence-corrected chi connectivity index (χ1v) is 6.61. The van der Waals surface area contributed by atoms with Crippen molar-refractivity contribution in [1.29, 1.82) is 0 Å². The van der Waals surface area contributed by atoms with Gasteiger partial charge in [0.05, 0.1) is 6.61 Å². The van der Waals surface area contributed by atoms with Gasteiger partial charge in [-0.1, -0.05) is 29.8 Å². The molecule has 0 spiro atoms. The zero-order chi connectivity index (χ0) is 13.5. The maximum absolute atomic E-state index is 10.5. The second-order valence-corrected chi connectivity index (χ2v) is 5.24. The Morgan fingerprint density at radius 2 is 2.22 bits per heavy atom. The molecule has 0 aliphatic carbocycles. The van der Waals surface area contributed by atoms with Crippen molar-refractivity contribution < 1.29 is 14.6 Å². The third kappa shape index (κ3) is 5.36. The van der Waals surface area contributed by atoms with Gasteiger partial charge in [0.2, 0.25) is 0 Å². The fraction of sp³-hybridized carbons (Fsp3) is 0.357. The van der Waals surface area contributed by atoms with E-state index in [0.29, 0.717) is 12.5 Å². The molecule has 0 saturated carbocycles. The minimum atomic E-state index is -0.965. The highest BCUT2D eigenvalue weighted by Crippen LogP contribution is 2.24. The van der Waals surface area contributed by atoms with Gasteiger partial charge in [-0.05, 0) is 42.2 Å². The van der Waals surface area contributed by atoms with E-state index in [1.165, 1.54) is 0 Å². The molecule has 0 aliphatic heterocycles. The summed E-state index contributed by atoms with van der Waals surface area (Å²) in [5, 5.41) is 8.60. The standard InChI is InChI=1S/C14H17BrO3/c1-10(2)7-8-18-12-4-5-13(15)11(9-12)3-6-14(16)17/h3-6,9-10H,7-8H2,1-2H3,(H,16,17)/b6-3+. The first-order valence-electron chi connectivity index (χ1n) is 5.82. The highest BCUT2D eigenvalue weighted by molar-refractivity contribution is 9.10. The van der Waals surface area contributed by atoms with Crippen molar-refractivity contribution in [3.05, 3.63) is 34.3 Å². The molecule has 0 bridgehead atoms. The van der Waals surface area contributed by atoms with Crippen molar-refractivity contribution in [2.75, 3.05) is 6.61 Å². The molecule has 0 radical (unpaired) electrons. The second-order valence-electron chi connectivity index (χ2n) is 4.39. The van der Waals surface area contributed by atoms with Gasteiger partial charge in [-0.15, -0.1) is 0 Å². The van der Waals surface area contributed by atoms with Crippen LogP contribution in [0.25, 0.3) is 6.08 Å². The van der Waals surface area contributed by atoms with Gasteiger partial charge in [-0.3, -0.25) is 0 Å². The van der Waals surface area contributed by atoms with E-state index in [0.717, 1.165) is 28.3 Å². The second kappa shape index (κ2) is 7.21. The summed E-state index contributed by atoms with van der Waals surface area (Å²) >= 11 is 3.37. The van der Waals surface area contributed by atoms with Crippen LogP contribution in [0.5, 0.6) is 5.75 Å². The SMILES string of the molecule is CC(C)CCOc1ccc(Br)c(/C=C/C(=O)O)c1. The minimum absolute atomic E-state index is 0.604. The van der Waals surface area contributed by atoms with Crippen LogP contribution in [0.15, 0.2) is 28.7 Å². The number of carboxylic acids is 1. The fourth-order valence-corrected chi connectivity index (χ4v) is 1.69. The Balaban J connectivity index is 2.71. The van der Waals surface area contributed by atoms with E-state index in [9.17, 15) is 4.79 Å². The Morgan fingerprint density at radius 3 is 2.83 bits per heavy atom. The van der Waals surface area contributed by atoms with Crippen LogP contribution in [-0.2, 0) is 4.79 Å². The Bertz CT molecular complexity index is 439. The number of benzene rings is 1. The van der Waals surface area contributed by atoms with Gasteiger partial charge in [0.25, 0.3) is 0 Å². The van der Waals surface area contributed by atoms with Crippen molar-refractivity contribution in [3.8, 4) is 5.75 Å². The van der Waals surface area contributed by atoms with Crippen molar-refractivity contribution in [1.82, 2.24) is 0 Å². The molecule has 0 amide bonds. The van der Waals surface area contributed by atoms with E-state index in [2.05, 4.69) is 29.8 Å². The molecule has 1 aromatic carbocycles. The molecule has 1 N–H and O–H groups in total. The molecule has 0 saturated heterocycles. The predicted molar refractivity (Wildman–Crippen MR) is 75.8 cm³/mol. The number of hydrogen-bond donors (Lipinski definition) is 1. The van der Waals surface area contributed by atoms with Gasteiger partial charge in [-0.2, -0.15) is 0 Å². The zero-order valence-corrected chi connectivity index (χ0v) is 12.1. The number of rotatable bonds is 6. The van der Waals surface area contributed by atoms with Crippen LogP contribution in [0.4, 0.5) is 0 Å². The molecule has 3 nitrogen and oxygen atoms in total. The van der Waals surface area contributed by atoms with Crippen LogP contribution in [0.1, 0.15) is 25.8 Å². The quantitative estimate of drug-likeness (QED) is 0.808. The van der Waals surface area contributed by atoms with E-state index in [4.69, 9.17) is 9.84 Å². The Hall–Kier alpha value is -1.29. The molecule has 1 rings (SSSR count). The fourth-order valence-electron chi connectivity index (χ4n) is 1.31. The van der Waals surface area contributed by atoms with Crippen LogP contribution < -0.4 is 4.74 Å². The Kier molecular flexibility index (Phi) is 5.92. The lowest BCUT2D eigenvalue weighted by atomic mass is 10.1. The summed E-state index contributed by atoms with van der Waals surface area (Å²) in [5.74, 6) is 0.392. The summed E-state index contributed by atoms with van der Waals surface area (Å²) in [5.41, 5.74) is 0.791. The average Bonchev–Trinajstić information content (AvgIpc) is 2.29. The molecule has 0 fully saturated rings. The smallest absolute Gasteiger partial charge is 0.328 e. The lowest BCUT2D eigenvalue weighted by Crippen LogP contribution is -2.01. The minimum Gasteiger partial charge on any atom is -0.494 e. The van der Waals surface area contributed by atoms with Crippen molar-refractivity contribution >= 4 is 28.0 Å². The summed E-state index contributed by atoms with van der Waals surface area (Å²) in [6.07, 6.45) is 3.65. The third-order valence-electron chi connectivity index (χ3n) is 2.34. The zero-order valence-electron chi connectivity index (χ0n) is 10.5. The van der Waals surface area contributed by atoms with E-state index >= 15 is 0 Å². The van der Waals surface area contributed by atoms with E-state index in [-0.39, 0.29) is 0 Å². The molecule has 0 aromatic heterocycles. The summed E-state index contributed by atoms with van der Waals surface area (Å²) in [4.78, 5) is 10.5. The average molecular weight is 313 g/mol. The summed E-state index contributed by atoms with van der Waals surface area (Å²) in [7, 11) is 0. The molecular weight excluding hydrogens is 296 g/mol. The number of hydrogen-bond acceptors (Lipinski definition) is 2. The number of halogens is 1.